The molecule has 1 aliphatic rings. The number of unbranched alkanes of at least 4 members (excludes halogenated alkanes) is 21. The van der Waals surface area contributed by atoms with Crippen LogP contribution in [0, 0.1) is 0 Å². The van der Waals surface area contributed by atoms with Crippen LogP contribution in [0.5, 0.6) is 0 Å². The summed E-state index contributed by atoms with van der Waals surface area (Å²) in [6.07, 6.45) is 16.0. The Kier molecular flexibility index (Phi) is 28.6. The predicted molar refractivity (Wildman–Crippen MR) is 201 cm³/mol. The number of hydrogen-bond donors (Lipinski definition) is 7. The van der Waals surface area contributed by atoms with E-state index >= 15 is 0 Å². The Morgan fingerprint density at radius 2 is 1.12 bits per heavy atom. The minimum Gasteiger partial charge on any atom is -0.394 e. The van der Waals surface area contributed by atoms with Crippen molar-refractivity contribution in [2.45, 2.75) is 223 Å². The van der Waals surface area contributed by atoms with Gasteiger partial charge in [-0.3, -0.25) is 9.35 Å². The highest BCUT2D eigenvalue weighted by atomic mass is 32.3. The molecule has 13 nitrogen and oxygen atoms in total. The molecule has 14 heteroatoms. The van der Waals surface area contributed by atoms with Gasteiger partial charge in [-0.15, -0.1) is 0 Å². The third-order valence-corrected chi connectivity index (χ3v) is 10.5. The molecule has 1 heterocycles. The molecule has 0 bridgehead atoms. The molecule has 0 aromatic rings. The Bertz CT molecular complexity index is 974. The monoisotopic (exact) mass is 770 g/mol. The van der Waals surface area contributed by atoms with Crippen LogP contribution in [0.2, 0.25) is 0 Å². The fourth-order valence-electron chi connectivity index (χ4n) is 6.70. The van der Waals surface area contributed by atoms with Crippen molar-refractivity contribution in [3.05, 3.63) is 0 Å². The maximum Gasteiger partial charge on any atom is 0.397 e. The van der Waals surface area contributed by atoms with Crippen LogP contribution in [-0.2, 0) is 28.9 Å². The van der Waals surface area contributed by atoms with Crippen LogP contribution in [0.4, 0.5) is 0 Å². The molecule has 1 amide bonds. The number of carbonyl (C=O) groups excluding carboxylic acids is 1. The van der Waals surface area contributed by atoms with Crippen molar-refractivity contribution in [3.8, 4) is 0 Å². The highest BCUT2D eigenvalue weighted by Crippen LogP contribution is 2.26. The maximum atomic E-state index is 13.0. The third-order valence-electron chi connectivity index (χ3n) is 10.0. The summed E-state index contributed by atoms with van der Waals surface area (Å²) in [5.74, 6) is -0.673. The normalized spacial score (nSPS) is 22.7. The molecule has 0 saturated carbocycles. The van der Waals surface area contributed by atoms with E-state index < -0.39 is 78.5 Å². The predicted octanol–water partition coefficient (Wildman–Crippen LogP) is 5.63. The summed E-state index contributed by atoms with van der Waals surface area (Å²) in [7, 11) is -5.10. The lowest BCUT2D eigenvalue weighted by atomic mass is 9.99. The number of hydrogen-bond acceptors (Lipinski definition) is 11. The number of nitrogens with one attached hydrogen (secondary N) is 1. The van der Waals surface area contributed by atoms with E-state index in [9.17, 15) is 38.7 Å². The van der Waals surface area contributed by atoms with Crippen LogP contribution in [-0.4, -0.2) is 107 Å². The number of aliphatic hydroxyl groups excluding tert-OH is 5. The summed E-state index contributed by atoms with van der Waals surface area (Å²) in [5, 5.41) is 55.0. The molecule has 0 aliphatic carbocycles. The lowest BCUT2D eigenvalue weighted by Gasteiger charge is -2.41. The van der Waals surface area contributed by atoms with Crippen molar-refractivity contribution in [3.63, 3.8) is 0 Å². The van der Waals surface area contributed by atoms with Crippen LogP contribution in [0.15, 0.2) is 0 Å². The molecule has 310 valence electrons. The van der Waals surface area contributed by atoms with Gasteiger partial charge in [-0.2, -0.15) is 8.42 Å². The molecule has 1 saturated heterocycles. The fraction of sp³-hybridized carbons (Fsp3) is 0.974. The van der Waals surface area contributed by atoms with E-state index in [0.717, 1.165) is 38.5 Å². The minimum absolute atomic E-state index is 0.263. The van der Waals surface area contributed by atoms with Gasteiger partial charge in [0.2, 0.25) is 5.91 Å². The van der Waals surface area contributed by atoms with Gasteiger partial charge in [0, 0.05) is 0 Å². The summed E-state index contributed by atoms with van der Waals surface area (Å²) in [4.78, 5) is 13.0. The lowest BCUT2D eigenvalue weighted by Crippen LogP contribution is -2.61. The summed E-state index contributed by atoms with van der Waals surface area (Å²) >= 11 is 0. The lowest BCUT2D eigenvalue weighted by molar-refractivity contribution is -0.298. The van der Waals surface area contributed by atoms with E-state index in [1.165, 1.54) is 96.3 Å². The summed E-state index contributed by atoms with van der Waals surface area (Å²) < 4.78 is 47.3. The largest absolute Gasteiger partial charge is 0.397 e. The van der Waals surface area contributed by atoms with Crippen LogP contribution in [0.25, 0.3) is 0 Å². The number of aliphatic hydroxyl groups is 5. The summed E-state index contributed by atoms with van der Waals surface area (Å²) in [5.41, 5.74) is 0. The van der Waals surface area contributed by atoms with E-state index in [1.807, 2.05) is 0 Å². The quantitative estimate of drug-likeness (QED) is 0.0314. The zero-order valence-corrected chi connectivity index (χ0v) is 33.1. The first-order valence-electron chi connectivity index (χ1n) is 20.5. The van der Waals surface area contributed by atoms with Gasteiger partial charge in [0.05, 0.1) is 25.4 Å². The van der Waals surface area contributed by atoms with E-state index in [0.29, 0.717) is 19.3 Å². The van der Waals surface area contributed by atoms with Crippen LogP contribution < -0.4 is 5.32 Å². The van der Waals surface area contributed by atoms with E-state index in [2.05, 4.69) is 23.3 Å². The van der Waals surface area contributed by atoms with Crippen molar-refractivity contribution < 1.29 is 57.0 Å². The van der Waals surface area contributed by atoms with Gasteiger partial charge in [0.15, 0.2) is 6.29 Å². The minimum atomic E-state index is -5.10. The number of amides is 1. The topological polar surface area (TPSA) is 212 Å². The second kappa shape index (κ2) is 30.3. The average molecular weight is 770 g/mol. The molecule has 52 heavy (non-hydrogen) atoms. The molecular formula is C38H75NO12S. The Balaban J connectivity index is 2.62. The summed E-state index contributed by atoms with van der Waals surface area (Å²) in [6.45, 7) is 3.21. The molecule has 1 rings (SSSR count). The average Bonchev–Trinajstić information content (AvgIpc) is 3.11. The van der Waals surface area contributed by atoms with Crippen molar-refractivity contribution in [1.29, 1.82) is 0 Å². The number of carbonyl (C=O) groups is 1. The standard InChI is InChI=1S/C38H75NO12S/c1-3-5-7-9-11-13-14-15-16-17-18-19-21-22-24-26-31(41)30(39-37(45)32(42)27-25-23-20-12-10-8-6-4-2)29-49-38-35(44)36(51-52(46,47)48)34(43)33(28-40)50-38/h30-36,38,40-44H,3-29H2,1-2H3,(H,39,45)(H,46,47,48). The smallest absolute Gasteiger partial charge is 0.394 e. The Hall–Kier alpha value is -0.940. The molecule has 0 aromatic carbocycles. The second-order valence-corrected chi connectivity index (χ2v) is 15.8. The van der Waals surface area contributed by atoms with E-state index in [-0.39, 0.29) is 6.42 Å². The summed E-state index contributed by atoms with van der Waals surface area (Å²) in [6, 6.07) is -1.02. The van der Waals surface area contributed by atoms with Gasteiger partial charge in [-0.1, -0.05) is 162 Å². The molecule has 0 spiro atoms. The fourth-order valence-corrected chi connectivity index (χ4v) is 7.21. The van der Waals surface area contributed by atoms with Crippen molar-refractivity contribution >= 4 is 16.3 Å². The van der Waals surface area contributed by atoms with E-state index in [4.69, 9.17) is 14.0 Å². The zero-order chi connectivity index (χ0) is 38.6. The van der Waals surface area contributed by atoms with Gasteiger partial charge >= 0.3 is 10.4 Å². The Morgan fingerprint density at radius 1 is 0.692 bits per heavy atom. The van der Waals surface area contributed by atoms with Gasteiger partial charge in [0.25, 0.3) is 0 Å². The molecule has 1 fully saturated rings. The van der Waals surface area contributed by atoms with Crippen LogP contribution in [0.3, 0.4) is 0 Å². The molecule has 8 unspecified atom stereocenters. The highest BCUT2D eigenvalue weighted by Gasteiger charge is 2.48. The Morgan fingerprint density at radius 3 is 1.54 bits per heavy atom. The van der Waals surface area contributed by atoms with Crippen LogP contribution >= 0.6 is 0 Å². The number of ether oxygens (including phenoxy) is 2. The molecule has 0 radical (unpaired) electrons. The molecule has 7 N–H and O–H groups in total. The van der Waals surface area contributed by atoms with Gasteiger partial charge in [0.1, 0.15) is 30.5 Å². The number of rotatable bonds is 34. The molecule has 1 aliphatic heterocycles. The molecule has 0 aromatic heterocycles. The van der Waals surface area contributed by atoms with Gasteiger partial charge in [-0.25, -0.2) is 4.18 Å². The zero-order valence-electron chi connectivity index (χ0n) is 32.3. The van der Waals surface area contributed by atoms with Crippen molar-refractivity contribution in [2.24, 2.45) is 0 Å². The first kappa shape index (κ1) is 49.1. The second-order valence-electron chi connectivity index (χ2n) is 14.7. The molecule has 8 atom stereocenters. The Labute approximate surface area is 314 Å². The highest BCUT2D eigenvalue weighted by molar-refractivity contribution is 7.80. The maximum absolute atomic E-state index is 13.0. The SMILES string of the molecule is CCCCCCCCCCCCCCCCCC(O)C(COC1OC(CO)C(O)C(OS(=O)(=O)O)C1O)NC(=O)C(O)CCCCCCCCCC. The van der Waals surface area contributed by atoms with Crippen LogP contribution in [0.1, 0.15) is 174 Å². The first-order valence-corrected chi connectivity index (χ1v) is 21.9. The molecular weight excluding hydrogens is 694 g/mol. The van der Waals surface area contributed by atoms with Gasteiger partial charge < -0.3 is 40.3 Å². The third kappa shape index (κ3) is 23.1. The van der Waals surface area contributed by atoms with Gasteiger partial charge in [-0.05, 0) is 12.8 Å². The van der Waals surface area contributed by atoms with Crippen molar-refractivity contribution in [2.75, 3.05) is 13.2 Å². The van der Waals surface area contributed by atoms with Crippen molar-refractivity contribution in [1.82, 2.24) is 5.32 Å². The van der Waals surface area contributed by atoms with E-state index in [1.54, 1.807) is 0 Å². The first-order chi connectivity index (χ1) is 24.9.